The number of hydrogen-bond acceptors (Lipinski definition) is 1. The molecular formula is C13H20BrN3. The molecule has 0 saturated carbocycles. The number of aliphatic imine (C=N–C) groups is 1. The molecule has 0 spiro atoms. The highest BCUT2D eigenvalue weighted by Crippen LogP contribution is 2.10. The standard InChI is InChI=1S/C13H20BrN3/c1-13(2,3)17-12(15-4)16-9-10-5-7-11(14)8-6-10/h5-8H,9H2,1-4H3,(H2,15,16,17). The van der Waals surface area contributed by atoms with Gasteiger partial charge in [0.1, 0.15) is 0 Å². The molecule has 0 aliphatic carbocycles. The Morgan fingerprint density at radius 2 is 1.82 bits per heavy atom. The van der Waals surface area contributed by atoms with Crippen LogP contribution in [0.2, 0.25) is 0 Å². The van der Waals surface area contributed by atoms with Crippen LogP contribution in [0.25, 0.3) is 0 Å². The Labute approximate surface area is 112 Å². The van der Waals surface area contributed by atoms with Crippen molar-refractivity contribution in [2.75, 3.05) is 7.05 Å². The van der Waals surface area contributed by atoms with E-state index in [2.05, 4.69) is 64.5 Å². The highest BCUT2D eigenvalue weighted by molar-refractivity contribution is 9.10. The van der Waals surface area contributed by atoms with Crippen molar-refractivity contribution in [3.8, 4) is 0 Å². The monoisotopic (exact) mass is 297 g/mol. The molecule has 17 heavy (non-hydrogen) atoms. The van der Waals surface area contributed by atoms with Crippen molar-refractivity contribution in [2.24, 2.45) is 4.99 Å². The molecule has 0 radical (unpaired) electrons. The Hall–Kier alpha value is -1.03. The normalized spacial score (nSPS) is 12.4. The zero-order chi connectivity index (χ0) is 12.9. The van der Waals surface area contributed by atoms with Gasteiger partial charge >= 0.3 is 0 Å². The Morgan fingerprint density at radius 3 is 2.29 bits per heavy atom. The summed E-state index contributed by atoms with van der Waals surface area (Å²) in [6.07, 6.45) is 0. The van der Waals surface area contributed by atoms with Gasteiger partial charge in [-0.1, -0.05) is 28.1 Å². The average molecular weight is 298 g/mol. The SMILES string of the molecule is CN=C(NCc1ccc(Br)cc1)NC(C)(C)C. The number of rotatable bonds is 2. The highest BCUT2D eigenvalue weighted by atomic mass is 79.9. The van der Waals surface area contributed by atoms with E-state index in [0.29, 0.717) is 0 Å². The summed E-state index contributed by atoms with van der Waals surface area (Å²) in [5.74, 6) is 0.820. The predicted molar refractivity (Wildman–Crippen MR) is 77.2 cm³/mol. The van der Waals surface area contributed by atoms with Crippen molar-refractivity contribution in [1.29, 1.82) is 0 Å². The first-order valence-electron chi connectivity index (χ1n) is 5.64. The van der Waals surface area contributed by atoms with Gasteiger partial charge in [0.2, 0.25) is 0 Å². The smallest absolute Gasteiger partial charge is 0.191 e. The third-order valence-electron chi connectivity index (χ3n) is 2.09. The highest BCUT2D eigenvalue weighted by Gasteiger charge is 2.11. The third-order valence-corrected chi connectivity index (χ3v) is 2.62. The van der Waals surface area contributed by atoms with E-state index in [0.717, 1.165) is 17.0 Å². The first-order valence-corrected chi connectivity index (χ1v) is 6.43. The van der Waals surface area contributed by atoms with Crippen molar-refractivity contribution in [3.63, 3.8) is 0 Å². The fourth-order valence-electron chi connectivity index (χ4n) is 1.32. The summed E-state index contributed by atoms with van der Waals surface area (Å²) in [5, 5.41) is 6.60. The summed E-state index contributed by atoms with van der Waals surface area (Å²) in [6.45, 7) is 7.10. The van der Waals surface area contributed by atoms with Crippen molar-refractivity contribution in [1.82, 2.24) is 10.6 Å². The number of hydrogen-bond donors (Lipinski definition) is 2. The van der Waals surface area contributed by atoms with Crippen LogP contribution >= 0.6 is 15.9 Å². The molecule has 94 valence electrons. The topological polar surface area (TPSA) is 36.4 Å². The van der Waals surface area contributed by atoms with Crippen LogP contribution in [-0.2, 0) is 6.54 Å². The van der Waals surface area contributed by atoms with Gasteiger partial charge in [-0.05, 0) is 38.5 Å². The van der Waals surface area contributed by atoms with Gasteiger partial charge in [-0.3, -0.25) is 4.99 Å². The second-order valence-electron chi connectivity index (χ2n) is 4.93. The summed E-state index contributed by atoms with van der Waals surface area (Å²) in [6, 6.07) is 8.25. The Balaban J connectivity index is 2.51. The lowest BCUT2D eigenvalue weighted by molar-refractivity contribution is 0.501. The molecule has 0 aliphatic rings. The lowest BCUT2D eigenvalue weighted by Crippen LogP contribution is -2.47. The molecule has 0 amide bonds. The summed E-state index contributed by atoms with van der Waals surface area (Å²) >= 11 is 3.42. The maximum Gasteiger partial charge on any atom is 0.191 e. The molecule has 0 unspecified atom stereocenters. The molecule has 1 rings (SSSR count). The number of halogens is 1. The second-order valence-corrected chi connectivity index (χ2v) is 5.84. The van der Waals surface area contributed by atoms with E-state index in [1.165, 1.54) is 5.56 Å². The molecule has 0 heterocycles. The molecule has 3 nitrogen and oxygen atoms in total. The molecule has 0 bridgehead atoms. The van der Waals surface area contributed by atoms with E-state index < -0.39 is 0 Å². The molecule has 0 saturated heterocycles. The van der Waals surface area contributed by atoms with E-state index in [4.69, 9.17) is 0 Å². The summed E-state index contributed by atoms with van der Waals surface area (Å²) < 4.78 is 1.10. The minimum Gasteiger partial charge on any atom is -0.352 e. The van der Waals surface area contributed by atoms with Gasteiger partial charge < -0.3 is 10.6 Å². The third kappa shape index (κ3) is 5.73. The number of guanidine groups is 1. The molecule has 0 aromatic heterocycles. The lowest BCUT2D eigenvalue weighted by atomic mass is 10.1. The Kier molecular flexibility index (Phi) is 5.00. The van der Waals surface area contributed by atoms with Gasteiger partial charge in [-0.2, -0.15) is 0 Å². The zero-order valence-corrected chi connectivity index (χ0v) is 12.4. The molecule has 2 N–H and O–H groups in total. The molecule has 1 aromatic carbocycles. The van der Waals surface area contributed by atoms with Crippen molar-refractivity contribution in [3.05, 3.63) is 34.3 Å². The van der Waals surface area contributed by atoms with Crippen LogP contribution in [0.5, 0.6) is 0 Å². The van der Waals surface area contributed by atoms with Gasteiger partial charge in [0.15, 0.2) is 5.96 Å². The Morgan fingerprint density at radius 1 is 1.24 bits per heavy atom. The first-order chi connectivity index (χ1) is 7.90. The Bertz CT molecular complexity index is 377. The van der Waals surface area contributed by atoms with E-state index >= 15 is 0 Å². The quantitative estimate of drug-likeness (QED) is 0.650. The van der Waals surface area contributed by atoms with Gasteiger partial charge in [-0.15, -0.1) is 0 Å². The van der Waals surface area contributed by atoms with E-state index in [1.54, 1.807) is 7.05 Å². The van der Waals surface area contributed by atoms with E-state index in [1.807, 2.05) is 12.1 Å². The fourth-order valence-corrected chi connectivity index (χ4v) is 1.59. The lowest BCUT2D eigenvalue weighted by Gasteiger charge is -2.23. The maximum atomic E-state index is 4.19. The summed E-state index contributed by atoms with van der Waals surface area (Å²) in [4.78, 5) is 4.19. The zero-order valence-electron chi connectivity index (χ0n) is 10.8. The first kappa shape index (κ1) is 14.0. The van der Waals surface area contributed by atoms with Crippen molar-refractivity contribution in [2.45, 2.75) is 32.9 Å². The molecule has 4 heteroatoms. The van der Waals surface area contributed by atoms with Gasteiger partial charge in [0.05, 0.1) is 0 Å². The second kappa shape index (κ2) is 6.05. The van der Waals surface area contributed by atoms with Gasteiger partial charge in [-0.25, -0.2) is 0 Å². The van der Waals surface area contributed by atoms with Crippen LogP contribution in [-0.4, -0.2) is 18.5 Å². The van der Waals surface area contributed by atoms with Gasteiger partial charge in [0.25, 0.3) is 0 Å². The summed E-state index contributed by atoms with van der Waals surface area (Å²) in [7, 11) is 1.78. The molecular weight excluding hydrogens is 278 g/mol. The average Bonchev–Trinajstić information content (AvgIpc) is 2.25. The minimum absolute atomic E-state index is 0.0154. The van der Waals surface area contributed by atoms with Crippen LogP contribution in [0.15, 0.2) is 33.7 Å². The number of nitrogens with zero attached hydrogens (tertiary/aromatic N) is 1. The largest absolute Gasteiger partial charge is 0.352 e. The van der Waals surface area contributed by atoms with E-state index in [-0.39, 0.29) is 5.54 Å². The predicted octanol–water partition coefficient (Wildman–Crippen LogP) is 2.91. The minimum atomic E-state index is 0.0154. The maximum absolute atomic E-state index is 4.19. The molecule has 0 atom stereocenters. The number of benzene rings is 1. The molecule has 1 aromatic rings. The van der Waals surface area contributed by atoms with Crippen LogP contribution in [0.3, 0.4) is 0 Å². The van der Waals surface area contributed by atoms with Crippen LogP contribution < -0.4 is 10.6 Å². The van der Waals surface area contributed by atoms with E-state index in [9.17, 15) is 0 Å². The van der Waals surface area contributed by atoms with Crippen LogP contribution in [0.1, 0.15) is 26.3 Å². The van der Waals surface area contributed by atoms with Crippen LogP contribution in [0.4, 0.5) is 0 Å². The number of nitrogens with one attached hydrogen (secondary N) is 2. The van der Waals surface area contributed by atoms with Gasteiger partial charge in [0, 0.05) is 23.6 Å². The summed E-state index contributed by atoms with van der Waals surface area (Å²) in [5.41, 5.74) is 1.24. The van der Waals surface area contributed by atoms with Crippen molar-refractivity contribution < 1.29 is 0 Å². The van der Waals surface area contributed by atoms with Crippen molar-refractivity contribution >= 4 is 21.9 Å². The van der Waals surface area contributed by atoms with Crippen LogP contribution in [0, 0.1) is 0 Å². The molecule has 0 aliphatic heterocycles. The molecule has 0 fully saturated rings. The fraction of sp³-hybridized carbons (Fsp3) is 0.462.